The number of hydrogen-bond donors (Lipinski definition) is 2. The Hall–Kier alpha value is -2.28. The summed E-state index contributed by atoms with van der Waals surface area (Å²) in [5, 5.41) is 9.73. The van der Waals surface area contributed by atoms with Crippen LogP contribution in [-0.2, 0) is 21.9 Å². The fraction of sp³-hybridized carbons (Fsp3) is 0.421. The monoisotopic (exact) mass is 373 g/mol. The predicted molar refractivity (Wildman–Crippen MR) is 102 cm³/mol. The number of thioether (sulfide) groups is 1. The summed E-state index contributed by atoms with van der Waals surface area (Å²) in [7, 11) is 0. The molecule has 0 unspecified atom stereocenters. The summed E-state index contributed by atoms with van der Waals surface area (Å²) in [5.74, 6) is 2.19. The Morgan fingerprint density at radius 3 is 2.58 bits per heavy atom. The lowest BCUT2D eigenvalue weighted by Crippen LogP contribution is -2.24. The maximum atomic E-state index is 12.0. The first kappa shape index (κ1) is 18.5. The Kier molecular flexibility index (Phi) is 5.98. The summed E-state index contributed by atoms with van der Waals surface area (Å²) >= 11 is 1.54. The Bertz CT molecular complexity index is 762. The van der Waals surface area contributed by atoms with Crippen molar-refractivity contribution in [2.24, 2.45) is 5.92 Å². The van der Waals surface area contributed by atoms with Gasteiger partial charge in [0.05, 0.1) is 11.4 Å². The number of amides is 2. The van der Waals surface area contributed by atoms with Gasteiger partial charge in [-0.3, -0.25) is 9.59 Å². The van der Waals surface area contributed by atoms with Crippen LogP contribution in [0.5, 0.6) is 0 Å². The highest BCUT2D eigenvalue weighted by molar-refractivity contribution is 7.99. The minimum Gasteiger partial charge on any atom is -0.361 e. The maximum Gasteiger partial charge on any atom is 0.230 e. The van der Waals surface area contributed by atoms with Crippen molar-refractivity contribution in [2.45, 2.75) is 39.0 Å². The van der Waals surface area contributed by atoms with E-state index in [4.69, 9.17) is 4.52 Å². The summed E-state index contributed by atoms with van der Waals surface area (Å²) < 4.78 is 5.12. The molecule has 0 saturated heterocycles. The van der Waals surface area contributed by atoms with Crippen molar-refractivity contribution in [2.75, 3.05) is 11.1 Å². The highest BCUT2D eigenvalue weighted by atomic mass is 32.2. The molecule has 138 valence electrons. The number of carbonyl (C=O) groups is 2. The number of carbonyl (C=O) groups excluding carboxylic acids is 2. The van der Waals surface area contributed by atoms with E-state index in [1.165, 1.54) is 0 Å². The SMILES string of the molecule is Cc1noc(C)c1CSCC(=O)NCc1ccc(NC(=O)C2CC2)cc1. The highest BCUT2D eigenvalue weighted by Gasteiger charge is 2.29. The molecule has 2 N–H and O–H groups in total. The standard InChI is InChI=1S/C19H23N3O3S/c1-12-17(13(2)25-22-12)10-26-11-18(23)20-9-14-3-7-16(8-4-14)21-19(24)15-5-6-15/h3-4,7-8,15H,5-6,9-11H2,1-2H3,(H,20,23)(H,21,24). The minimum atomic E-state index is -0.00660. The second kappa shape index (κ2) is 8.40. The van der Waals surface area contributed by atoms with Crippen molar-refractivity contribution in [3.8, 4) is 0 Å². The molecule has 1 aromatic carbocycles. The minimum absolute atomic E-state index is 0.00660. The largest absolute Gasteiger partial charge is 0.361 e. The van der Waals surface area contributed by atoms with Crippen LogP contribution in [0.15, 0.2) is 28.8 Å². The summed E-state index contributed by atoms with van der Waals surface area (Å²) in [6.45, 7) is 4.26. The van der Waals surface area contributed by atoms with E-state index in [-0.39, 0.29) is 17.7 Å². The zero-order valence-corrected chi connectivity index (χ0v) is 15.8. The Labute approximate surface area is 157 Å². The smallest absolute Gasteiger partial charge is 0.230 e. The molecule has 0 aliphatic heterocycles. The Morgan fingerprint density at radius 2 is 1.96 bits per heavy atom. The number of aryl methyl sites for hydroxylation is 2. The van der Waals surface area contributed by atoms with Gasteiger partial charge in [-0.25, -0.2) is 0 Å². The first-order chi connectivity index (χ1) is 12.5. The summed E-state index contributed by atoms with van der Waals surface area (Å²) in [4.78, 5) is 23.7. The Morgan fingerprint density at radius 1 is 1.23 bits per heavy atom. The summed E-state index contributed by atoms with van der Waals surface area (Å²) in [6, 6.07) is 7.57. The van der Waals surface area contributed by atoms with Crippen molar-refractivity contribution in [3.05, 3.63) is 46.8 Å². The van der Waals surface area contributed by atoms with Crippen LogP contribution < -0.4 is 10.6 Å². The zero-order valence-electron chi connectivity index (χ0n) is 15.0. The molecular formula is C19H23N3O3S. The third-order valence-corrected chi connectivity index (χ3v) is 5.28. The van der Waals surface area contributed by atoms with E-state index in [0.717, 1.165) is 41.1 Å². The zero-order chi connectivity index (χ0) is 18.5. The van der Waals surface area contributed by atoms with Crippen molar-refractivity contribution >= 4 is 29.3 Å². The van der Waals surface area contributed by atoms with Crippen LogP contribution in [0.2, 0.25) is 0 Å². The van der Waals surface area contributed by atoms with Crippen molar-refractivity contribution in [1.29, 1.82) is 0 Å². The third-order valence-electron chi connectivity index (χ3n) is 4.32. The van der Waals surface area contributed by atoms with Crippen LogP contribution in [0.3, 0.4) is 0 Å². The summed E-state index contributed by atoms with van der Waals surface area (Å²) in [6.07, 6.45) is 1.98. The molecule has 0 spiro atoms. The predicted octanol–water partition coefficient (Wildman–Crippen LogP) is 3.19. The lowest BCUT2D eigenvalue weighted by atomic mass is 10.2. The quantitative estimate of drug-likeness (QED) is 0.742. The van der Waals surface area contributed by atoms with Gasteiger partial charge in [-0.2, -0.15) is 0 Å². The second-order valence-corrected chi connectivity index (χ2v) is 7.52. The van der Waals surface area contributed by atoms with Gasteiger partial charge in [-0.05, 0) is 44.4 Å². The van der Waals surface area contributed by atoms with Gasteiger partial charge in [0.1, 0.15) is 5.76 Å². The van der Waals surface area contributed by atoms with Gasteiger partial charge < -0.3 is 15.2 Å². The van der Waals surface area contributed by atoms with Gasteiger partial charge in [0.25, 0.3) is 0 Å². The van der Waals surface area contributed by atoms with E-state index in [1.807, 2.05) is 38.1 Å². The van der Waals surface area contributed by atoms with E-state index < -0.39 is 0 Å². The highest BCUT2D eigenvalue weighted by Crippen LogP contribution is 2.30. The molecule has 0 bridgehead atoms. The van der Waals surface area contributed by atoms with Gasteiger partial charge in [0, 0.05) is 29.5 Å². The average molecular weight is 373 g/mol. The molecule has 1 saturated carbocycles. The molecule has 3 rings (SSSR count). The Balaban J connectivity index is 1.37. The fourth-order valence-corrected chi connectivity index (χ4v) is 3.51. The topological polar surface area (TPSA) is 84.2 Å². The van der Waals surface area contributed by atoms with Crippen molar-refractivity contribution in [3.63, 3.8) is 0 Å². The number of aromatic nitrogens is 1. The van der Waals surface area contributed by atoms with Crippen LogP contribution in [0.25, 0.3) is 0 Å². The number of rotatable bonds is 8. The van der Waals surface area contributed by atoms with Gasteiger partial charge in [-0.15, -0.1) is 11.8 Å². The molecule has 1 aromatic heterocycles. The number of hydrogen-bond acceptors (Lipinski definition) is 5. The van der Waals surface area contributed by atoms with Crippen LogP contribution in [0.1, 0.15) is 35.4 Å². The molecule has 6 nitrogen and oxygen atoms in total. The molecule has 1 heterocycles. The van der Waals surface area contributed by atoms with E-state index in [1.54, 1.807) is 11.8 Å². The second-order valence-electron chi connectivity index (χ2n) is 6.53. The molecule has 7 heteroatoms. The lowest BCUT2D eigenvalue weighted by Gasteiger charge is -2.08. The number of nitrogens with zero attached hydrogens (tertiary/aromatic N) is 1. The van der Waals surface area contributed by atoms with E-state index in [0.29, 0.717) is 18.1 Å². The third kappa shape index (κ3) is 5.11. The van der Waals surface area contributed by atoms with Gasteiger partial charge in [0.15, 0.2) is 0 Å². The molecule has 26 heavy (non-hydrogen) atoms. The van der Waals surface area contributed by atoms with Crippen molar-refractivity contribution < 1.29 is 14.1 Å². The van der Waals surface area contributed by atoms with Crippen LogP contribution >= 0.6 is 11.8 Å². The molecule has 1 aliphatic carbocycles. The molecule has 0 radical (unpaired) electrons. The number of anilines is 1. The average Bonchev–Trinajstić information content (AvgIpc) is 3.43. The lowest BCUT2D eigenvalue weighted by molar-refractivity contribution is -0.119. The van der Waals surface area contributed by atoms with E-state index in [9.17, 15) is 9.59 Å². The van der Waals surface area contributed by atoms with Gasteiger partial charge >= 0.3 is 0 Å². The fourth-order valence-electron chi connectivity index (χ4n) is 2.50. The number of benzene rings is 1. The molecule has 1 aliphatic rings. The summed E-state index contributed by atoms with van der Waals surface area (Å²) in [5.41, 5.74) is 3.74. The van der Waals surface area contributed by atoms with Crippen LogP contribution in [0.4, 0.5) is 5.69 Å². The molecular weight excluding hydrogens is 350 g/mol. The van der Waals surface area contributed by atoms with Crippen LogP contribution in [0, 0.1) is 19.8 Å². The van der Waals surface area contributed by atoms with Gasteiger partial charge in [-0.1, -0.05) is 17.3 Å². The first-order valence-corrected chi connectivity index (χ1v) is 9.84. The van der Waals surface area contributed by atoms with Gasteiger partial charge in [0.2, 0.25) is 11.8 Å². The maximum absolute atomic E-state index is 12.0. The number of nitrogens with one attached hydrogen (secondary N) is 2. The normalized spacial score (nSPS) is 13.5. The van der Waals surface area contributed by atoms with E-state index >= 15 is 0 Å². The molecule has 2 aromatic rings. The molecule has 1 fully saturated rings. The molecule has 2 amide bonds. The molecule has 0 atom stereocenters. The van der Waals surface area contributed by atoms with Crippen LogP contribution in [-0.4, -0.2) is 22.7 Å². The van der Waals surface area contributed by atoms with E-state index in [2.05, 4.69) is 15.8 Å². The van der Waals surface area contributed by atoms with Crippen molar-refractivity contribution in [1.82, 2.24) is 10.5 Å². The first-order valence-electron chi connectivity index (χ1n) is 8.69.